The van der Waals surface area contributed by atoms with Crippen molar-refractivity contribution in [2.24, 2.45) is 0 Å². The molecule has 2 N–H and O–H groups in total. The normalized spacial score (nSPS) is 17.8. The minimum Gasteiger partial charge on any atom is -0.444 e. The Morgan fingerprint density at radius 1 is 1.48 bits per heavy atom. The number of aromatic nitrogens is 1. The van der Waals surface area contributed by atoms with Crippen LogP contribution in [0.3, 0.4) is 0 Å². The van der Waals surface area contributed by atoms with Crippen molar-refractivity contribution in [1.82, 2.24) is 9.88 Å². The first-order valence-corrected chi connectivity index (χ1v) is 8.69. The maximum Gasteiger partial charge on any atom is 0.413 e. The molecule has 140 valence electrons. The molecule has 1 atom stereocenters. The lowest BCUT2D eigenvalue weighted by Crippen LogP contribution is -2.28. The lowest BCUT2D eigenvalue weighted by atomic mass is 10.0. The van der Waals surface area contributed by atoms with Gasteiger partial charge >= 0.3 is 6.09 Å². The summed E-state index contributed by atoms with van der Waals surface area (Å²) in [4.78, 5) is 18.5. The van der Waals surface area contributed by atoms with Crippen LogP contribution in [0.15, 0.2) is 12.1 Å². The molecule has 1 aliphatic rings. The zero-order chi connectivity index (χ0) is 18.4. The van der Waals surface area contributed by atoms with Crippen LogP contribution < -0.4 is 5.32 Å². The summed E-state index contributed by atoms with van der Waals surface area (Å²) in [6, 6.07) is 3.73. The molecule has 1 fully saturated rings. The smallest absolute Gasteiger partial charge is 0.413 e. The van der Waals surface area contributed by atoms with E-state index in [1.165, 1.54) is 0 Å². The van der Waals surface area contributed by atoms with Gasteiger partial charge in [-0.1, -0.05) is 6.07 Å². The molecule has 0 spiro atoms. The fraction of sp³-hybridized carbons (Fsp3) is 0.667. The third kappa shape index (κ3) is 6.26. The Balaban J connectivity index is 2.17. The van der Waals surface area contributed by atoms with Crippen LogP contribution >= 0.6 is 0 Å². The second-order valence-electron chi connectivity index (χ2n) is 7.32. The molecule has 1 unspecified atom stereocenters. The summed E-state index contributed by atoms with van der Waals surface area (Å²) in [5.74, 6) is 0.448. The highest BCUT2D eigenvalue weighted by molar-refractivity contribution is 5.83. The summed E-state index contributed by atoms with van der Waals surface area (Å²) in [6.07, 6.45) is 1.52. The molecular weight excluding hydrogens is 322 g/mol. The molecule has 1 aromatic rings. The monoisotopic (exact) mass is 351 g/mol. The average molecular weight is 351 g/mol. The molecule has 25 heavy (non-hydrogen) atoms. The van der Waals surface area contributed by atoms with Gasteiger partial charge in [-0.15, -0.1) is 0 Å². The zero-order valence-electron chi connectivity index (χ0n) is 15.5. The summed E-state index contributed by atoms with van der Waals surface area (Å²) < 4.78 is 11.1. The van der Waals surface area contributed by atoms with Crippen molar-refractivity contribution < 1.29 is 19.4 Å². The van der Waals surface area contributed by atoms with Gasteiger partial charge in [-0.3, -0.25) is 10.2 Å². The number of anilines is 1. The molecule has 0 aromatic carbocycles. The maximum absolute atomic E-state index is 12.0. The first-order valence-electron chi connectivity index (χ1n) is 8.69. The quantitative estimate of drug-likeness (QED) is 0.820. The number of likely N-dealkylation sites (N-methyl/N-ethyl adjacent to an activating group) is 1. The van der Waals surface area contributed by atoms with E-state index in [9.17, 15) is 4.79 Å². The number of aliphatic hydroxyl groups is 1. The third-order valence-electron chi connectivity index (χ3n) is 3.82. The Bertz CT molecular complexity index is 580. The number of carbonyl (C=O) groups is 1. The minimum atomic E-state index is -0.564. The van der Waals surface area contributed by atoms with Gasteiger partial charge in [0.15, 0.2) is 0 Å². The Labute approximate surface area is 149 Å². The molecule has 0 saturated carbocycles. The lowest BCUT2D eigenvalue weighted by molar-refractivity contribution is 0.0635. The van der Waals surface area contributed by atoms with E-state index >= 15 is 0 Å². The van der Waals surface area contributed by atoms with Crippen LogP contribution in [0.25, 0.3) is 0 Å². The number of rotatable bonds is 6. The Morgan fingerprint density at radius 3 is 2.84 bits per heavy atom. The van der Waals surface area contributed by atoms with Gasteiger partial charge in [0.25, 0.3) is 0 Å². The number of hydrogen-bond acceptors (Lipinski definition) is 6. The Kier molecular flexibility index (Phi) is 6.75. The van der Waals surface area contributed by atoms with E-state index in [1.54, 1.807) is 6.07 Å². The number of nitrogens with zero attached hydrogens (tertiary/aromatic N) is 2. The van der Waals surface area contributed by atoms with Crippen LogP contribution in [0.1, 0.15) is 51.0 Å². The third-order valence-corrected chi connectivity index (χ3v) is 3.82. The summed E-state index contributed by atoms with van der Waals surface area (Å²) in [5, 5.41) is 11.8. The van der Waals surface area contributed by atoms with Gasteiger partial charge in [-0.2, -0.15) is 0 Å². The van der Waals surface area contributed by atoms with Crippen molar-refractivity contribution in [2.75, 3.05) is 32.1 Å². The molecule has 1 amide bonds. The number of aliphatic hydroxyl groups excluding tert-OH is 1. The first-order chi connectivity index (χ1) is 11.8. The average Bonchev–Trinajstić information content (AvgIpc) is 2.99. The van der Waals surface area contributed by atoms with E-state index in [0.29, 0.717) is 18.9 Å². The summed E-state index contributed by atoms with van der Waals surface area (Å²) >= 11 is 0. The summed E-state index contributed by atoms with van der Waals surface area (Å²) in [6.45, 7) is 7.41. The van der Waals surface area contributed by atoms with Crippen molar-refractivity contribution in [1.29, 1.82) is 0 Å². The fourth-order valence-electron chi connectivity index (χ4n) is 2.74. The molecule has 2 rings (SSSR count). The van der Waals surface area contributed by atoms with Gasteiger partial charge in [0.1, 0.15) is 11.4 Å². The molecule has 2 heterocycles. The lowest BCUT2D eigenvalue weighted by Gasteiger charge is -2.22. The molecule has 1 saturated heterocycles. The second kappa shape index (κ2) is 8.60. The summed E-state index contributed by atoms with van der Waals surface area (Å²) in [7, 11) is 1.92. The molecule has 0 aliphatic carbocycles. The number of carbonyl (C=O) groups excluding carboxylic acids is 1. The maximum atomic E-state index is 12.0. The van der Waals surface area contributed by atoms with Gasteiger partial charge in [-0.05, 0) is 46.7 Å². The standard InChI is InChI=1S/C18H29N3O4/c1-18(2,3)25-17(23)20-16-8-7-13(15-6-5-11-24-15)14(19-16)12-21(4)9-10-22/h7-8,15,22H,5-6,9-12H2,1-4H3,(H,19,20,23). The van der Waals surface area contributed by atoms with E-state index in [2.05, 4.69) is 10.3 Å². The number of ether oxygens (including phenoxy) is 2. The molecule has 1 aliphatic heterocycles. The number of amides is 1. The van der Waals surface area contributed by atoms with Crippen molar-refractivity contribution in [3.63, 3.8) is 0 Å². The number of hydrogen-bond donors (Lipinski definition) is 2. The molecule has 1 aromatic heterocycles. The van der Waals surface area contributed by atoms with Crippen LogP contribution in [-0.2, 0) is 16.0 Å². The highest BCUT2D eigenvalue weighted by Gasteiger charge is 2.23. The van der Waals surface area contributed by atoms with Gasteiger partial charge in [0.2, 0.25) is 0 Å². The van der Waals surface area contributed by atoms with Crippen LogP contribution in [0, 0.1) is 0 Å². The van der Waals surface area contributed by atoms with Gasteiger partial charge in [0.05, 0.1) is 18.4 Å². The van der Waals surface area contributed by atoms with Crippen molar-refractivity contribution in [3.8, 4) is 0 Å². The molecular formula is C18H29N3O4. The van der Waals surface area contributed by atoms with Crippen LogP contribution in [-0.4, -0.2) is 53.5 Å². The predicted molar refractivity (Wildman–Crippen MR) is 95.4 cm³/mol. The van der Waals surface area contributed by atoms with E-state index in [4.69, 9.17) is 14.6 Å². The van der Waals surface area contributed by atoms with Gasteiger partial charge in [-0.25, -0.2) is 9.78 Å². The van der Waals surface area contributed by atoms with Crippen LogP contribution in [0.2, 0.25) is 0 Å². The molecule has 0 bridgehead atoms. The van der Waals surface area contributed by atoms with Crippen LogP contribution in [0.4, 0.5) is 10.6 Å². The van der Waals surface area contributed by atoms with E-state index in [1.807, 2.05) is 38.8 Å². The summed E-state index contributed by atoms with van der Waals surface area (Å²) in [5.41, 5.74) is 1.32. The number of nitrogens with one attached hydrogen (secondary N) is 1. The highest BCUT2D eigenvalue weighted by Crippen LogP contribution is 2.31. The number of pyridine rings is 1. The van der Waals surface area contributed by atoms with Crippen molar-refractivity contribution >= 4 is 11.9 Å². The predicted octanol–water partition coefficient (Wildman–Crippen LogP) is 2.70. The first kappa shape index (κ1) is 19.6. The Hall–Kier alpha value is -1.70. The molecule has 7 heteroatoms. The van der Waals surface area contributed by atoms with Crippen molar-refractivity contribution in [2.45, 2.75) is 51.9 Å². The SMILES string of the molecule is CN(CCO)Cc1nc(NC(=O)OC(C)(C)C)ccc1C1CCCO1. The second-order valence-corrected chi connectivity index (χ2v) is 7.32. The Morgan fingerprint density at radius 2 is 2.24 bits per heavy atom. The van der Waals surface area contributed by atoms with E-state index < -0.39 is 11.7 Å². The minimum absolute atomic E-state index is 0.0422. The molecule has 7 nitrogen and oxygen atoms in total. The van der Waals surface area contributed by atoms with E-state index in [-0.39, 0.29) is 12.7 Å². The topological polar surface area (TPSA) is 83.9 Å². The highest BCUT2D eigenvalue weighted by atomic mass is 16.6. The van der Waals surface area contributed by atoms with Gasteiger partial charge < -0.3 is 14.6 Å². The van der Waals surface area contributed by atoms with Crippen LogP contribution in [0.5, 0.6) is 0 Å². The van der Waals surface area contributed by atoms with Crippen molar-refractivity contribution in [3.05, 3.63) is 23.4 Å². The zero-order valence-corrected chi connectivity index (χ0v) is 15.5. The molecule has 0 radical (unpaired) electrons. The fourth-order valence-corrected chi connectivity index (χ4v) is 2.74. The van der Waals surface area contributed by atoms with Gasteiger partial charge in [0, 0.05) is 25.3 Å². The van der Waals surface area contributed by atoms with E-state index in [0.717, 1.165) is 30.7 Å². The largest absolute Gasteiger partial charge is 0.444 e.